The smallest absolute Gasteiger partial charge is 0.122 e. The Hall–Kier alpha value is -2.54. The van der Waals surface area contributed by atoms with E-state index in [-0.39, 0.29) is 12.1 Å². The third-order valence-corrected chi connectivity index (χ3v) is 6.51. The van der Waals surface area contributed by atoms with Gasteiger partial charge >= 0.3 is 0 Å². The quantitative estimate of drug-likeness (QED) is 0.413. The fourth-order valence-electron chi connectivity index (χ4n) is 3.41. The number of methoxy groups -OCH3 is 1. The van der Waals surface area contributed by atoms with Gasteiger partial charge in [0.1, 0.15) is 17.4 Å². The van der Waals surface area contributed by atoms with Gasteiger partial charge in [0.05, 0.1) is 16.7 Å². The molecule has 0 unspecified atom stereocenters. The zero-order chi connectivity index (χ0) is 20.4. The van der Waals surface area contributed by atoms with Crippen molar-refractivity contribution in [3.05, 3.63) is 76.5 Å². The van der Waals surface area contributed by atoms with E-state index in [1.54, 1.807) is 18.4 Å². The number of nitrogens with zero attached hydrogens (tertiary/aromatic N) is 4. The number of hydrogen-bond donors (Lipinski definition) is 0. The maximum Gasteiger partial charge on any atom is 0.122 e. The average Bonchev–Trinajstić information content (AvgIpc) is 3.40. The number of imidazole rings is 1. The number of para-hydroxylation sites is 2. The molecule has 0 spiro atoms. The summed E-state index contributed by atoms with van der Waals surface area (Å²) in [7, 11) is 3.86. The van der Waals surface area contributed by atoms with Crippen LogP contribution in [0.2, 0.25) is 0 Å². The van der Waals surface area contributed by atoms with Crippen LogP contribution in [0.1, 0.15) is 42.3 Å². The summed E-state index contributed by atoms with van der Waals surface area (Å²) in [6.07, 6.45) is 1.93. The van der Waals surface area contributed by atoms with Crippen molar-refractivity contribution in [1.29, 1.82) is 0 Å². The Bertz CT molecular complexity index is 1090. The molecule has 6 heteroatoms. The summed E-state index contributed by atoms with van der Waals surface area (Å²) in [5, 5.41) is 3.15. The standard InChI is InChI=1S/C23H26N4OS/c1-16(26(3)13-19-14-29-23(25-19)17(2)28-4)18-9-11-20(12-10-18)27-15-24-21-7-5-6-8-22(21)27/h5-12,14-17H,13H2,1-4H3/t16-,17+/m1/s1. The van der Waals surface area contributed by atoms with Crippen molar-refractivity contribution in [3.63, 3.8) is 0 Å². The van der Waals surface area contributed by atoms with Gasteiger partial charge in [0.15, 0.2) is 0 Å². The lowest BCUT2D eigenvalue weighted by Crippen LogP contribution is -2.22. The van der Waals surface area contributed by atoms with Crippen molar-refractivity contribution in [1.82, 2.24) is 19.4 Å². The second kappa shape index (κ2) is 8.45. The molecule has 2 aromatic carbocycles. The Morgan fingerprint density at radius 3 is 2.62 bits per heavy atom. The Morgan fingerprint density at radius 1 is 1.10 bits per heavy atom. The molecule has 0 aliphatic heterocycles. The monoisotopic (exact) mass is 406 g/mol. The molecule has 4 aromatic rings. The lowest BCUT2D eigenvalue weighted by molar-refractivity contribution is 0.119. The van der Waals surface area contributed by atoms with E-state index >= 15 is 0 Å². The van der Waals surface area contributed by atoms with Crippen LogP contribution >= 0.6 is 11.3 Å². The Labute approximate surface area is 175 Å². The van der Waals surface area contributed by atoms with Crippen LogP contribution in [0.15, 0.2) is 60.2 Å². The van der Waals surface area contributed by atoms with E-state index in [2.05, 4.69) is 64.1 Å². The van der Waals surface area contributed by atoms with E-state index in [4.69, 9.17) is 9.72 Å². The first-order chi connectivity index (χ1) is 14.1. The molecule has 0 bridgehead atoms. The number of hydrogen-bond acceptors (Lipinski definition) is 5. The normalized spacial score (nSPS) is 13.8. The molecule has 0 amide bonds. The third-order valence-electron chi connectivity index (χ3n) is 5.45. The minimum atomic E-state index is 0.0447. The highest BCUT2D eigenvalue weighted by molar-refractivity contribution is 7.09. The van der Waals surface area contributed by atoms with E-state index < -0.39 is 0 Å². The number of aromatic nitrogens is 3. The van der Waals surface area contributed by atoms with Crippen LogP contribution in [0, 0.1) is 0 Å². The van der Waals surface area contributed by atoms with Gasteiger partial charge in [0.2, 0.25) is 0 Å². The molecular weight excluding hydrogens is 380 g/mol. The van der Waals surface area contributed by atoms with Gasteiger partial charge in [-0.3, -0.25) is 9.47 Å². The molecule has 0 radical (unpaired) electrons. The van der Waals surface area contributed by atoms with Gasteiger partial charge in [-0.2, -0.15) is 0 Å². The van der Waals surface area contributed by atoms with Crippen molar-refractivity contribution in [2.45, 2.75) is 32.5 Å². The molecule has 2 heterocycles. The highest BCUT2D eigenvalue weighted by Crippen LogP contribution is 2.25. The van der Waals surface area contributed by atoms with Crippen LogP contribution in [0.25, 0.3) is 16.7 Å². The van der Waals surface area contributed by atoms with Crippen molar-refractivity contribution in [2.24, 2.45) is 0 Å². The summed E-state index contributed by atoms with van der Waals surface area (Å²) in [6.45, 7) is 5.06. The van der Waals surface area contributed by atoms with Crippen LogP contribution in [0.3, 0.4) is 0 Å². The summed E-state index contributed by atoms with van der Waals surface area (Å²) >= 11 is 1.66. The molecule has 4 rings (SSSR count). The Morgan fingerprint density at radius 2 is 1.86 bits per heavy atom. The molecule has 150 valence electrons. The zero-order valence-electron chi connectivity index (χ0n) is 17.2. The third kappa shape index (κ3) is 4.10. The molecule has 2 aromatic heterocycles. The average molecular weight is 407 g/mol. The first kappa shape index (κ1) is 19.8. The molecule has 0 fully saturated rings. The van der Waals surface area contributed by atoms with Gasteiger partial charge < -0.3 is 4.74 Å². The number of rotatable bonds is 7. The fraction of sp³-hybridized carbons (Fsp3) is 0.304. The van der Waals surface area contributed by atoms with Crippen molar-refractivity contribution >= 4 is 22.4 Å². The summed E-state index contributed by atoms with van der Waals surface area (Å²) in [5.41, 5.74) is 5.62. The van der Waals surface area contributed by atoms with Crippen LogP contribution in [0.4, 0.5) is 0 Å². The molecule has 0 N–H and O–H groups in total. The second-order valence-electron chi connectivity index (χ2n) is 7.34. The largest absolute Gasteiger partial charge is 0.375 e. The summed E-state index contributed by atoms with van der Waals surface area (Å²) in [4.78, 5) is 11.5. The van der Waals surface area contributed by atoms with Crippen molar-refractivity contribution in [2.75, 3.05) is 14.2 Å². The maximum atomic E-state index is 5.37. The van der Waals surface area contributed by atoms with Gasteiger partial charge in [0.25, 0.3) is 0 Å². The molecule has 5 nitrogen and oxygen atoms in total. The second-order valence-corrected chi connectivity index (χ2v) is 8.23. The molecule has 0 aliphatic carbocycles. The first-order valence-corrected chi connectivity index (χ1v) is 10.6. The van der Waals surface area contributed by atoms with Crippen LogP contribution in [-0.2, 0) is 11.3 Å². The number of fused-ring (bicyclic) bond motifs is 1. The predicted molar refractivity (Wildman–Crippen MR) is 118 cm³/mol. The van der Waals surface area contributed by atoms with Gasteiger partial charge in [0, 0.05) is 30.8 Å². The van der Waals surface area contributed by atoms with Gasteiger partial charge in [-0.1, -0.05) is 24.3 Å². The highest BCUT2D eigenvalue weighted by Gasteiger charge is 2.15. The number of ether oxygens (including phenoxy) is 1. The Kier molecular flexibility index (Phi) is 5.76. The minimum absolute atomic E-state index is 0.0447. The molecule has 2 atom stereocenters. The topological polar surface area (TPSA) is 43.2 Å². The molecule has 0 saturated heterocycles. The van der Waals surface area contributed by atoms with E-state index in [9.17, 15) is 0 Å². The molecule has 0 saturated carbocycles. The zero-order valence-corrected chi connectivity index (χ0v) is 18.1. The molecular formula is C23H26N4OS. The highest BCUT2D eigenvalue weighted by atomic mass is 32.1. The van der Waals surface area contributed by atoms with E-state index in [1.807, 2.05) is 31.5 Å². The van der Waals surface area contributed by atoms with E-state index in [1.165, 1.54) is 5.56 Å². The fourth-order valence-corrected chi connectivity index (χ4v) is 4.25. The van der Waals surface area contributed by atoms with E-state index in [0.717, 1.165) is 34.0 Å². The lowest BCUT2D eigenvalue weighted by atomic mass is 10.1. The van der Waals surface area contributed by atoms with Crippen LogP contribution in [-0.4, -0.2) is 33.6 Å². The van der Waals surface area contributed by atoms with Crippen molar-refractivity contribution in [3.8, 4) is 5.69 Å². The minimum Gasteiger partial charge on any atom is -0.375 e. The lowest BCUT2D eigenvalue weighted by Gasteiger charge is -2.24. The van der Waals surface area contributed by atoms with E-state index in [0.29, 0.717) is 0 Å². The van der Waals surface area contributed by atoms with Gasteiger partial charge in [-0.15, -0.1) is 11.3 Å². The maximum absolute atomic E-state index is 5.37. The summed E-state index contributed by atoms with van der Waals surface area (Å²) in [5.74, 6) is 0. The molecule has 0 aliphatic rings. The summed E-state index contributed by atoms with van der Waals surface area (Å²) < 4.78 is 7.49. The van der Waals surface area contributed by atoms with Crippen LogP contribution < -0.4 is 0 Å². The van der Waals surface area contributed by atoms with Crippen molar-refractivity contribution < 1.29 is 4.74 Å². The molecule has 29 heavy (non-hydrogen) atoms. The number of thiazole rings is 1. The van der Waals surface area contributed by atoms with Gasteiger partial charge in [-0.05, 0) is 50.7 Å². The first-order valence-electron chi connectivity index (χ1n) is 9.76. The summed E-state index contributed by atoms with van der Waals surface area (Å²) in [6, 6.07) is 17.2. The predicted octanol–water partition coefficient (Wildman–Crippen LogP) is 5.38. The SMILES string of the molecule is CO[C@@H](C)c1nc(CN(C)[C@H](C)c2ccc(-n3cnc4ccccc43)cc2)cs1. The van der Waals surface area contributed by atoms with Crippen LogP contribution in [0.5, 0.6) is 0 Å². The van der Waals surface area contributed by atoms with Gasteiger partial charge in [-0.25, -0.2) is 9.97 Å². The number of benzene rings is 2. The Balaban J connectivity index is 1.47.